The Morgan fingerprint density at radius 3 is 2.60 bits per heavy atom. The fourth-order valence-electron chi connectivity index (χ4n) is 1.94. The largest absolute Gasteiger partial charge is 0.324 e. The molecule has 1 aliphatic carbocycles. The summed E-state index contributed by atoms with van der Waals surface area (Å²) in [6, 6.07) is 9.69. The highest BCUT2D eigenvalue weighted by Gasteiger charge is 2.23. The lowest BCUT2D eigenvalue weighted by Crippen LogP contribution is -2.17. The third-order valence-corrected chi connectivity index (χ3v) is 2.94. The standard InChI is InChI=1S/C12H11ClN2/c13-10-4-1-8(2-5-10)12-9(7-14)3-6-11(12)15/h1-2,4-5,11H,3,6,15H2. The number of hydrogen-bond acceptors (Lipinski definition) is 2. The zero-order valence-corrected chi connectivity index (χ0v) is 8.96. The van der Waals surface area contributed by atoms with Gasteiger partial charge in [0, 0.05) is 16.6 Å². The molecule has 0 radical (unpaired) electrons. The first-order valence-corrected chi connectivity index (χ1v) is 5.25. The van der Waals surface area contributed by atoms with Crippen LogP contribution >= 0.6 is 11.6 Å². The van der Waals surface area contributed by atoms with E-state index in [9.17, 15) is 0 Å². The molecule has 0 aliphatic heterocycles. The van der Waals surface area contributed by atoms with Crippen molar-refractivity contribution in [2.75, 3.05) is 0 Å². The number of nitrogens with zero attached hydrogens (tertiary/aromatic N) is 1. The molecule has 1 atom stereocenters. The summed E-state index contributed by atoms with van der Waals surface area (Å²) in [5.41, 5.74) is 8.78. The van der Waals surface area contributed by atoms with Crippen molar-refractivity contribution in [3.05, 3.63) is 40.4 Å². The quantitative estimate of drug-likeness (QED) is 0.788. The minimum Gasteiger partial charge on any atom is -0.324 e. The molecule has 2 rings (SSSR count). The third kappa shape index (κ3) is 1.90. The molecule has 2 nitrogen and oxygen atoms in total. The SMILES string of the molecule is N#CC1=C(c2ccc(Cl)cc2)C(N)CC1. The summed E-state index contributed by atoms with van der Waals surface area (Å²) in [5, 5.41) is 9.68. The van der Waals surface area contributed by atoms with Crippen LogP contribution in [-0.4, -0.2) is 6.04 Å². The van der Waals surface area contributed by atoms with E-state index in [0.717, 1.165) is 29.6 Å². The number of hydrogen-bond donors (Lipinski definition) is 1. The Morgan fingerprint density at radius 1 is 1.33 bits per heavy atom. The van der Waals surface area contributed by atoms with E-state index in [1.165, 1.54) is 0 Å². The highest BCUT2D eigenvalue weighted by atomic mass is 35.5. The van der Waals surface area contributed by atoms with Gasteiger partial charge >= 0.3 is 0 Å². The molecule has 1 aliphatic rings. The first-order chi connectivity index (χ1) is 7.22. The molecule has 0 saturated carbocycles. The molecule has 0 aromatic heterocycles. The van der Waals surface area contributed by atoms with Crippen LogP contribution < -0.4 is 5.73 Å². The Kier molecular flexibility index (Phi) is 2.77. The van der Waals surface area contributed by atoms with E-state index in [0.29, 0.717) is 5.02 Å². The predicted octanol–water partition coefficient (Wildman–Crippen LogP) is 2.74. The van der Waals surface area contributed by atoms with Crippen molar-refractivity contribution in [1.82, 2.24) is 0 Å². The number of allylic oxidation sites excluding steroid dienone is 1. The van der Waals surface area contributed by atoms with E-state index >= 15 is 0 Å². The van der Waals surface area contributed by atoms with Gasteiger partial charge in [-0.25, -0.2) is 0 Å². The van der Waals surface area contributed by atoms with Crippen molar-refractivity contribution in [3.63, 3.8) is 0 Å². The van der Waals surface area contributed by atoms with Gasteiger partial charge in [-0.1, -0.05) is 23.7 Å². The van der Waals surface area contributed by atoms with Crippen molar-refractivity contribution < 1.29 is 0 Å². The highest BCUT2D eigenvalue weighted by molar-refractivity contribution is 6.30. The summed E-state index contributed by atoms with van der Waals surface area (Å²) >= 11 is 5.81. The average molecular weight is 219 g/mol. The lowest BCUT2D eigenvalue weighted by atomic mass is 10.00. The van der Waals surface area contributed by atoms with E-state index in [-0.39, 0.29) is 6.04 Å². The van der Waals surface area contributed by atoms with Gasteiger partial charge < -0.3 is 5.73 Å². The second-order valence-electron chi connectivity index (χ2n) is 3.66. The zero-order valence-electron chi connectivity index (χ0n) is 8.20. The molecule has 2 N–H and O–H groups in total. The molecule has 1 aromatic rings. The van der Waals surface area contributed by atoms with Gasteiger partial charge in [-0.05, 0) is 36.1 Å². The maximum Gasteiger partial charge on any atom is 0.0950 e. The monoisotopic (exact) mass is 218 g/mol. The normalized spacial score (nSPS) is 20.5. The van der Waals surface area contributed by atoms with Crippen LogP contribution in [0.5, 0.6) is 0 Å². The van der Waals surface area contributed by atoms with Crippen LogP contribution in [0, 0.1) is 11.3 Å². The Labute approximate surface area is 94.0 Å². The second kappa shape index (κ2) is 4.06. The van der Waals surface area contributed by atoms with E-state index in [2.05, 4.69) is 6.07 Å². The van der Waals surface area contributed by atoms with Crippen molar-refractivity contribution in [1.29, 1.82) is 5.26 Å². The van der Waals surface area contributed by atoms with Crippen molar-refractivity contribution in [2.45, 2.75) is 18.9 Å². The van der Waals surface area contributed by atoms with E-state index in [1.54, 1.807) is 0 Å². The van der Waals surface area contributed by atoms with Crippen LogP contribution in [0.2, 0.25) is 5.02 Å². The van der Waals surface area contributed by atoms with Crippen LogP contribution in [0.4, 0.5) is 0 Å². The molecule has 1 aromatic carbocycles. The zero-order chi connectivity index (χ0) is 10.8. The molecular weight excluding hydrogens is 208 g/mol. The Hall–Kier alpha value is -1.30. The summed E-state index contributed by atoms with van der Waals surface area (Å²) in [7, 11) is 0. The van der Waals surface area contributed by atoms with Gasteiger partial charge in [0.05, 0.1) is 6.07 Å². The van der Waals surface area contributed by atoms with E-state index in [4.69, 9.17) is 22.6 Å². The first kappa shape index (κ1) is 10.2. The van der Waals surface area contributed by atoms with E-state index in [1.807, 2.05) is 24.3 Å². The smallest absolute Gasteiger partial charge is 0.0950 e. The first-order valence-electron chi connectivity index (χ1n) is 4.87. The molecule has 0 heterocycles. The molecule has 3 heteroatoms. The van der Waals surface area contributed by atoms with E-state index < -0.39 is 0 Å². The van der Waals surface area contributed by atoms with Crippen molar-refractivity contribution >= 4 is 17.2 Å². The van der Waals surface area contributed by atoms with Gasteiger partial charge in [0.1, 0.15) is 0 Å². The molecule has 1 unspecified atom stereocenters. The van der Waals surface area contributed by atoms with Gasteiger partial charge in [0.2, 0.25) is 0 Å². The molecule has 0 amide bonds. The Morgan fingerprint density at radius 2 is 2.00 bits per heavy atom. The number of halogens is 1. The number of benzene rings is 1. The van der Waals surface area contributed by atoms with Gasteiger partial charge in [0.15, 0.2) is 0 Å². The van der Waals surface area contributed by atoms with Crippen molar-refractivity contribution in [3.8, 4) is 6.07 Å². The lowest BCUT2D eigenvalue weighted by molar-refractivity contribution is 0.786. The lowest BCUT2D eigenvalue weighted by Gasteiger charge is -2.09. The van der Waals surface area contributed by atoms with Crippen LogP contribution in [0.25, 0.3) is 5.57 Å². The summed E-state index contributed by atoms with van der Waals surface area (Å²) in [5.74, 6) is 0. The molecule has 76 valence electrons. The summed E-state index contributed by atoms with van der Waals surface area (Å²) in [6.07, 6.45) is 1.65. The maximum atomic E-state index is 8.98. The predicted molar refractivity (Wildman–Crippen MR) is 61.2 cm³/mol. The average Bonchev–Trinajstić information content (AvgIpc) is 2.61. The van der Waals surface area contributed by atoms with Gasteiger partial charge in [-0.2, -0.15) is 5.26 Å². The van der Waals surface area contributed by atoms with Crippen LogP contribution in [-0.2, 0) is 0 Å². The summed E-state index contributed by atoms with van der Waals surface area (Å²) < 4.78 is 0. The van der Waals surface area contributed by atoms with Crippen LogP contribution in [0.15, 0.2) is 29.8 Å². The number of rotatable bonds is 1. The molecule has 0 fully saturated rings. The third-order valence-electron chi connectivity index (χ3n) is 2.69. The Balaban J connectivity index is 2.46. The van der Waals surface area contributed by atoms with Crippen LogP contribution in [0.3, 0.4) is 0 Å². The maximum absolute atomic E-state index is 8.98. The van der Waals surface area contributed by atoms with Gasteiger partial charge in [-0.3, -0.25) is 0 Å². The summed E-state index contributed by atoms with van der Waals surface area (Å²) in [6.45, 7) is 0. The minimum atomic E-state index is -0.0131. The van der Waals surface area contributed by atoms with Crippen LogP contribution in [0.1, 0.15) is 18.4 Å². The highest BCUT2D eigenvalue weighted by Crippen LogP contribution is 2.32. The Bertz CT molecular complexity index is 440. The molecular formula is C12H11ClN2. The van der Waals surface area contributed by atoms with Crippen molar-refractivity contribution in [2.24, 2.45) is 5.73 Å². The molecule has 15 heavy (non-hydrogen) atoms. The molecule has 0 saturated heterocycles. The van der Waals surface area contributed by atoms with Gasteiger partial charge in [-0.15, -0.1) is 0 Å². The fraction of sp³-hybridized carbons (Fsp3) is 0.250. The molecule has 0 spiro atoms. The number of nitriles is 1. The topological polar surface area (TPSA) is 49.8 Å². The number of nitrogens with two attached hydrogens (primary N) is 1. The van der Waals surface area contributed by atoms with Gasteiger partial charge in [0.25, 0.3) is 0 Å². The second-order valence-corrected chi connectivity index (χ2v) is 4.09. The minimum absolute atomic E-state index is 0.0131. The fourth-order valence-corrected chi connectivity index (χ4v) is 2.06. The molecule has 0 bridgehead atoms. The summed E-state index contributed by atoms with van der Waals surface area (Å²) in [4.78, 5) is 0.